The zero-order chi connectivity index (χ0) is 17.2. The van der Waals surface area contributed by atoms with Crippen molar-refractivity contribution in [3.8, 4) is 6.07 Å². The largest absolute Gasteiger partial charge is 0.268 e. The Kier molecular flexibility index (Phi) is 3.98. The molecular weight excluding hydrogens is 326 g/mol. The number of carbonyl (C=O) groups excluding carboxylic acids is 1. The van der Waals surface area contributed by atoms with E-state index in [2.05, 4.69) is 4.98 Å². The minimum Gasteiger partial charge on any atom is -0.268 e. The molecule has 6 nitrogen and oxygen atoms in total. The third kappa shape index (κ3) is 2.95. The predicted octanol–water partition coefficient (Wildman–Crippen LogP) is 2.23. The van der Waals surface area contributed by atoms with E-state index >= 15 is 0 Å². The monoisotopic (exact) mass is 337 g/mol. The van der Waals surface area contributed by atoms with E-state index in [1.165, 1.54) is 36.5 Å². The highest BCUT2D eigenvalue weighted by atomic mass is 32.2. The topological polar surface area (TPSA) is 99.9 Å². The average molecular weight is 337 g/mol. The standard InChI is InChI=1S/C17H11N3O3S/c18-10-12-3-1-4-13(9-12)17(21)20-24(22,23)16-6-2-5-14-11-19-8-7-15(14)16/h1-9,11H,(H,20,21). The summed E-state index contributed by atoms with van der Waals surface area (Å²) in [6.07, 6.45) is 3.03. The molecular formula is C17H11N3O3S. The van der Waals surface area contributed by atoms with Gasteiger partial charge in [-0.2, -0.15) is 5.26 Å². The molecule has 118 valence electrons. The van der Waals surface area contributed by atoms with Crippen LogP contribution in [-0.4, -0.2) is 19.3 Å². The Hall–Kier alpha value is -3.24. The highest BCUT2D eigenvalue weighted by molar-refractivity contribution is 7.90. The molecule has 1 N–H and O–H groups in total. The van der Waals surface area contributed by atoms with E-state index in [1.807, 2.05) is 10.8 Å². The molecule has 24 heavy (non-hydrogen) atoms. The third-order valence-corrected chi connectivity index (χ3v) is 4.80. The highest BCUT2D eigenvalue weighted by Gasteiger charge is 2.21. The van der Waals surface area contributed by atoms with Crippen LogP contribution in [0.5, 0.6) is 0 Å². The van der Waals surface area contributed by atoms with Gasteiger partial charge in [0, 0.05) is 28.7 Å². The smallest absolute Gasteiger partial charge is 0.265 e. The van der Waals surface area contributed by atoms with Crippen molar-refractivity contribution >= 4 is 26.7 Å². The number of fused-ring (bicyclic) bond motifs is 1. The van der Waals surface area contributed by atoms with Gasteiger partial charge in [-0.15, -0.1) is 0 Å². The normalized spacial score (nSPS) is 11.0. The van der Waals surface area contributed by atoms with E-state index in [0.717, 1.165) is 0 Å². The van der Waals surface area contributed by atoms with Gasteiger partial charge in [0.1, 0.15) is 0 Å². The summed E-state index contributed by atoms with van der Waals surface area (Å²) in [6, 6.07) is 14.0. The van der Waals surface area contributed by atoms with Crippen molar-refractivity contribution in [1.29, 1.82) is 5.26 Å². The molecule has 0 aliphatic carbocycles. The molecule has 3 aromatic rings. The van der Waals surface area contributed by atoms with Crippen molar-refractivity contribution in [1.82, 2.24) is 9.71 Å². The Bertz CT molecular complexity index is 1080. The molecule has 2 aromatic carbocycles. The van der Waals surface area contributed by atoms with E-state index in [0.29, 0.717) is 10.8 Å². The van der Waals surface area contributed by atoms with Gasteiger partial charge in [-0.3, -0.25) is 9.78 Å². The van der Waals surface area contributed by atoms with Crippen LogP contribution in [0.25, 0.3) is 10.8 Å². The number of aromatic nitrogens is 1. The molecule has 1 heterocycles. The lowest BCUT2D eigenvalue weighted by atomic mass is 10.1. The number of nitrogens with zero attached hydrogens (tertiary/aromatic N) is 2. The van der Waals surface area contributed by atoms with Crippen molar-refractivity contribution in [2.24, 2.45) is 0 Å². The molecule has 0 radical (unpaired) electrons. The summed E-state index contributed by atoms with van der Waals surface area (Å²) in [7, 11) is -4.06. The van der Waals surface area contributed by atoms with E-state index in [9.17, 15) is 13.2 Å². The predicted molar refractivity (Wildman–Crippen MR) is 87.6 cm³/mol. The first-order valence-electron chi connectivity index (χ1n) is 6.91. The lowest BCUT2D eigenvalue weighted by Gasteiger charge is -2.09. The summed E-state index contributed by atoms with van der Waals surface area (Å²) in [4.78, 5) is 16.2. The molecule has 7 heteroatoms. The maximum atomic E-state index is 12.6. The molecule has 3 rings (SSSR count). The van der Waals surface area contributed by atoms with Crippen molar-refractivity contribution in [3.05, 3.63) is 72.1 Å². The number of rotatable bonds is 3. The van der Waals surface area contributed by atoms with Crippen molar-refractivity contribution in [2.45, 2.75) is 4.90 Å². The molecule has 0 saturated carbocycles. The van der Waals surface area contributed by atoms with Crippen LogP contribution >= 0.6 is 0 Å². The van der Waals surface area contributed by atoms with Gasteiger partial charge in [-0.1, -0.05) is 18.2 Å². The van der Waals surface area contributed by atoms with Crippen LogP contribution < -0.4 is 4.72 Å². The molecule has 0 aliphatic heterocycles. The van der Waals surface area contributed by atoms with Gasteiger partial charge in [0.15, 0.2) is 0 Å². The van der Waals surface area contributed by atoms with Gasteiger partial charge in [-0.25, -0.2) is 13.1 Å². The second-order valence-electron chi connectivity index (χ2n) is 4.98. The summed E-state index contributed by atoms with van der Waals surface area (Å²) < 4.78 is 27.2. The van der Waals surface area contributed by atoms with Gasteiger partial charge in [0.25, 0.3) is 15.9 Å². The Labute approximate surface area is 138 Å². The van der Waals surface area contributed by atoms with E-state index < -0.39 is 15.9 Å². The highest BCUT2D eigenvalue weighted by Crippen LogP contribution is 2.22. The van der Waals surface area contributed by atoms with Crippen molar-refractivity contribution in [3.63, 3.8) is 0 Å². The lowest BCUT2D eigenvalue weighted by Crippen LogP contribution is -2.30. The molecule has 0 spiro atoms. The van der Waals surface area contributed by atoms with Crippen LogP contribution in [0.1, 0.15) is 15.9 Å². The number of nitrogens with one attached hydrogen (secondary N) is 1. The van der Waals surface area contributed by atoms with Crippen molar-refractivity contribution in [2.75, 3.05) is 0 Å². The summed E-state index contributed by atoms with van der Waals surface area (Å²) >= 11 is 0. The van der Waals surface area contributed by atoms with Gasteiger partial charge in [-0.05, 0) is 30.3 Å². The van der Waals surface area contributed by atoms with Crippen LogP contribution in [0.3, 0.4) is 0 Å². The number of amides is 1. The Morgan fingerprint density at radius 2 is 1.92 bits per heavy atom. The van der Waals surface area contributed by atoms with E-state index in [1.54, 1.807) is 24.4 Å². The number of sulfonamides is 1. The summed E-state index contributed by atoms with van der Waals surface area (Å²) in [5, 5.41) is 9.99. The lowest BCUT2D eigenvalue weighted by molar-refractivity contribution is 0.0981. The zero-order valence-corrected chi connectivity index (χ0v) is 13.1. The van der Waals surface area contributed by atoms with Gasteiger partial charge < -0.3 is 0 Å². The SMILES string of the molecule is N#Cc1cccc(C(=O)NS(=O)(=O)c2cccc3cnccc23)c1. The number of benzene rings is 2. The van der Waals surface area contributed by atoms with E-state index in [4.69, 9.17) is 5.26 Å². The summed E-state index contributed by atoms with van der Waals surface area (Å²) in [5.41, 5.74) is 0.371. The Morgan fingerprint density at radius 3 is 2.71 bits per heavy atom. The quantitative estimate of drug-likeness (QED) is 0.790. The van der Waals surface area contributed by atoms with Crippen LogP contribution in [-0.2, 0) is 10.0 Å². The van der Waals surface area contributed by atoms with Gasteiger partial charge >= 0.3 is 0 Å². The van der Waals surface area contributed by atoms with Crippen LogP contribution in [0.4, 0.5) is 0 Å². The fourth-order valence-corrected chi connectivity index (χ4v) is 3.50. The minimum absolute atomic E-state index is 0.00723. The first-order chi connectivity index (χ1) is 11.5. The Morgan fingerprint density at radius 1 is 1.12 bits per heavy atom. The molecule has 0 saturated heterocycles. The molecule has 0 unspecified atom stereocenters. The number of hydrogen-bond acceptors (Lipinski definition) is 5. The van der Waals surface area contributed by atoms with Crippen LogP contribution in [0.2, 0.25) is 0 Å². The molecule has 1 aromatic heterocycles. The first kappa shape index (κ1) is 15.6. The first-order valence-corrected chi connectivity index (χ1v) is 8.39. The van der Waals surface area contributed by atoms with Gasteiger partial charge in [0.2, 0.25) is 0 Å². The fourth-order valence-electron chi connectivity index (χ4n) is 2.29. The number of pyridine rings is 1. The molecule has 0 bridgehead atoms. The minimum atomic E-state index is -4.06. The number of carbonyl (C=O) groups is 1. The number of hydrogen-bond donors (Lipinski definition) is 1. The third-order valence-electron chi connectivity index (χ3n) is 3.41. The fraction of sp³-hybridized carbons (Fsp3) is 0. The summed E-state index contributed by atoms with van der Waals surface area (Å²) in [5.74, 6) is -0.793. The number of nitriles is 1. The molecule has 1 amide bonds. The zero-order valence-electron chi connectivity index (χ0n) is 12.3. The van der Waals surface area contributed by atoms with Crippen LogP contribution in [0.15, 0.2) is 65.8 Å². The average Bonchev–Trinajstić information content (AvgIpc) is 2.61. The second-order valence-corrected chi connectivity index (χ2v) is 6.63. The Balaban J connectivity index is 1.99. The van der Waals surface area contributed by atoms with Crippen molar-refractivity contribution < 1.29 is 13.2 Å². The molecule has 0 atom stereocenters. The van der Waals surface area contributed by atoms with Crippen LogP contribution in [0, 0.1) is 11.3 Å². The molecule has 0 fully saturated rings. The second kappa shape index (κ2) is 6.10. The van der Waals surface area contributed by atoms with E-state index in [-0.39, 0.29) is 16.0 Å². The summed E-state index contributed by atoms with van der Waals surface area (Å²) in [6.45, 7) is 0. The van der Waals surface area contributed by atoms with Gasteiger partial charge in [0.05, 0.1) is 16.5 Å². The maximum Gasteiger partial charge on any atom is 0.265 e. The molecule has 0 aliphatic rings. The maximum absolute atomic E-state index is 12.6.